The first-order valence-electron chi connectivity index (χ1n) is 18.0. The second-order valence-electron chi connectivity index (χ2n) is 13.1. The number of nitrogens with zero attached hydrogens (tertiary/aromatic N) is 2. The van der Waals surface area contributed by atoms with E-state index in [9.17, 15) is 16.8 Å². The standard InChI is InChI=1S/C44H48N2O4S2/c1-5-7-9-16-22-43-39(21-8-6-2)31-40(45(33-37-17-12-10-13-18-37)51(47,48)41-27-23-35(3)24-28-41)32-44(43)46(34-38-19-14-11-15-20-38)52(49,50)42-29-25-36(4)26-30-42/h10-15,17-20,23-32H,5-9,21,33-34H2,1-4H3. The highest BCUT2D eigenvalue weighted by atomic mass is 32.2. The van der Waals surface area contributed by atoms with Crippen molar-refractivity contribution in [1.82, 2.24) is 0 Å². The van der Waals surface area contributed by atoms with Gasteiger partial charge in [-0.05, 0) is 86.2 Å². The number of hydrogen-bond donors (Lipinski definition) is 0. The van der Waals surface area contributed by atoms with Crippen LogP contribution >= 0.6 is 0 Å². The van der Waals surface area contributed by atoms with Crippen LogP contribution in [-0.2, 0) is 39.6 Å². The quantitative estimate of drug-likeness (QED) is 0.0794. The zero-order valence-electron chi connectivity index (χ0n) is 30.5. The van der Waals surface area contributed by atoms with Crippen molar-refractivity contribution in [3.8, 4) is 11.8 Å². The molecule has 0 fully saturated rings. The minimum absolute atomic E-state index is 0.0285. The maximum absolute atomic E-state index is 14.9. The van der Waals surface area contributed by atoms with E-state index in [1.807, 2.05) is 80.6 Å². The molecule has 52 heavy (non-hydrogen) atoms. The number of hydrogen-bond acceptors (Lipinski definition) is 4. The molecule has 0 radical (unpaired) electrons. The molecule has 0 heterocycles. The molecule has 0 bridgehead atoms. The lowest BCUT2D eigenvalue weighted by Crippen LogP contribution is -2.33. The Labute approximate surface area is 311 Å². The van der Waals surface area contributed by atoms with Gasteiger partial charge in [0.15, 0.2) is 0 Å². The smallest absolute Gasteiger partial charge is 0.262 e. The SMILES string of the molecule is CCCCC#Cc1c(CCCC)cc(N(Cc2ccccc2)S(=O)(=O)c2ccc(C)cc2)cc1N(Cc1ccccc1)S(=O)(=O)c1ccc(C)cc1. The van der Waals surface area contributed by atoms with E-state index in [0.717, 1.165) is 53.5 Å². The van der Waals surface area contributed by atoms with E-state index in [1.165, 1.54) is 8.61 Å². The predicted molar refractivity (Wildman–Crippen MR) is 213 cm³/mol. The normalized spacial score (nSPS) is 11.5. The fraction of sp³-hybridized carbons (Fsp3) is 0.273. The molecular formula is C44H48N2O4S2. The monoisotopic (exact) mass is 732 g/mol. The third kappa shape index (κ3) is 9.33. The molecule has 0 spiro atoms. The molecule has 5 aromatic carbocycles. The molecule has 8 heteroatoms. The number of unbranched alkanes of at least 4 members (excludes halogenated alkanes) is 3. The highest BCUT2D eigenvalue weighted by Crippen LogP contribution is 2.38. The van der Waals surface area contributed by atoms with Crippen LogP contribution in [0.2, 0.25) is 0 Å². The van der Waals surface area contributed by atoms with Crippen molar-refractivity contribution in [1.29, 1.82) is 0 Å². The molecule has 0 aromatic heterocycles. The van der Waals surface area contributed by atoms with Gasteiger partial charge >= 0.3 is 0 Å². The summed E-state index contributed by atoms with van der Waals surface area (Å²) in [5.41, 5.74) is 5.62. The van der Waals surface area contributed by atoms with Gasteiger partial charge in [0.2, 0.25) is 0 Å². The molecule has 5 rings (SSSR count). The topological polar surface area (TPSA) is 74.8 Å². The van der Waals surface area contributed by atoms with Gasteiger partial charge in [0, 0.05) is 6.42 Å². The number of rotatable bonds is 15. The molecule has 0 saturated carbocycles. The Morgan fingerprint density at radius 1 is 0.577 bits per heavy atom. The minimum atomic E-state index is -4.16. The fourth-order valence-electron chi connectivity index (χ4n) is 5.92. The van der Waals surface area contributed by atoms with Crippen molar-refractivity contribution in [2.75, 3.05) is 8.61 Å². The molecule has 6 nitrogen and oxygen atoms in total. The molecule has 0 saturated heterocycles. The fourth-order valence-corrected chi connectivity index (χ4v) is 8.82. The maximum Gasteiger partial charge on any atom is 0.264 e. The molecule has 0 amide bonds. The lowest BCUT2D eigenvalue weighted by Gasteiger charge is -2.30. The number of benzene rings is 5. The molecule has 5 aromatic rings. The lowest BCUT2D eigenvalue weighted by atomic mass is 9.98. The average molecular weight is 733 g/mol. The van der Waals surface area contributed by atoms with E-state index in [2.05, 4.69) is 25.7 Å². The molecular weight excluding hydrogens is 685 g/mol. The summed E-state index contributed by atoms with van der Waals surface area (Å²) in [6.07, 6.45) is 4.88. The first-order valence-corrected chi connectivity index (χ1v) is 20.8. The zero-order chi connectivity index (χ0) is 37.1. The van der Waals surface area contributed by atoms with Crippen molar-refractivity contribution in [2.45, 2.75) is 89.1 Å². The molecule has 0 N–H and O–H groups in total. The van der Waals surface area contributed by atoms with Crippen LogP contribution in [0.25, 0.3) is 0 Å². The summed E-state index contributed by atoms with van der Waals surface area (Å²) in [5, 5.41) is 0. The highest BCUT2D eigenvalue weighted by molar-refractivity contribution is 7.93. The van der Waals surface area contributed by atoms with E-state index in [1.54, 1.807) is 54.6 Å². The van der Waals surface area contributed by atoms with Crippen LogP contribution < -0.4 is 8.61 Å². The van der Waals surface area contributed by atoms with Crippen LogP contribution in [0.15, 0.2) is 131 Å². The largest absolute Gasteiger partial charge is 0.264 e. The van der Waals surface area contributed by atoms with Crippen molar-refractivity contribution in [3.63, 3.8) is 0 Å². The summed E-state index contributed by atoms with van der Waals surface area (Å²) < 4.78 is 61.9. The van der Waals surface area contributed by atoms with Crippen LogP contribution in [0.4, 0.5) is 11.4 Å². The second-order valence-corrected chi connectivity index (χ2v) is 16.9. The summed E-state index contributed by atoms with van der Waals surface area (Å²) in [7, 11) is -8.27. The summed E-state index contributed by atoms with van der Waals surface area (Å²) in [6, 6.07) is 36.2. The number of sulfonamides is 2. The molecule has 270 valence electrons. The third-order valence-electron chi connectivity index (χ3n) is 8.97. The first-order chi connectivity index (χ1) is 25.0. The summed E-state index contributed by atoms with van der Waals surface area (Å²) in [5.74, 6) is 6.72. The number of aryl methyl sites for hydroxylation is 3. The molecule has 0 aliphatic rings. The Kier molecular flexibility index (Phi) is 13.0. The Morgan fingerprint density at radius 3 is 1.56 bits per heavy atom. The van der Waals surface area contributed by atoms with E-state index in [4.69, 9.17) is 0 Å². The Hall–Kier alpha value is -4.84. The first kappa shape index (κ1) is 38.4. The molecule has 0 aliphatic heterocycles. The highest BCUT2D eigenvalue weighted by Gasteiger charge is 2.32. The van der Waals surface area contributed by atoms with E-state index in [-0.39, 0.29) is 22.9 Å². The van der Waals surface area contributed by atoms with Crippen LogP contribution in [-0.4, -0.2) is 16.8 Å². The minimum Gasteiger partial charge on any atom is -0.262 e. The second kappa shape index (κ2) is 17.6. The molecule has 0 unspecified atom stereocenters. The van der Waals surface area contributed by atoms with Gasteiger partial charge < -0.3 is 0 Å². The van der Waals surface area contributed by atoms with Crippen LogP contribution in [0.5, 0.6) is 0 Å². The average Bonchev–Trinajstić information content (AvgIpc) is 3.15. The van der Waals surface area contributed by atoms with Crippen LogP contribution in [0.3, 0.4) is 0 Å². The van der Waals surface area contributed by atoms with Crippen LogP contribution in [0, 0.1) is 25.7 Å². The summed E-state index contributed by atoms with van der Waals surface area (Å²) in [6.45, 7) is 8.13. The predicted octanol–water partition coefficient (Wildman–Crippen LogP) is 9.98. The van der Waals surface area contributed by atoms with Gasteiger partial charge in [-0.15, -0.1) is 0 Å². The summed E-state index contributed by atoms with van der Waals surface area (Å²) in [4.78, 5) is 0.301. The van der Waals surface area contributed by atoms with Crippen molar-refractivity contribution < 1.29 is 16.8 Å². The van der Waals surface area contributed by atoms with Crippen molar-refractivity contribution >= 4 is 31.4 Å². The molecule has 0 aliphatic carbocycles. The molecule has 0 atom stereocenters. The third-order valence-corrected chi connectivity index (χ3v) is 12.5. The van der Waals surface area contributed by atoms with Crippen LogP contribution in [0.1, 0.15) is 79.3 Å². The van der Waals surface area contributed by atoms with E-state index >= 15 is 0 Å². The van der Waals surface area contributed by atoms with Crippen molar-refractivity contribution in [2.24, 2.45) is 0 Å². The van der Waals surface area contributed by atoms with Gasteiger partial charge in [-0.1, -0.05) is 135 Å². The Bertz CT molecular complexity index is 2210. The van der Waals surface area contributed by atoms with Gasteiger partial charge in [0.25, 0.3) is 20.0 Å². The maximum atomic E-state index is 14.9. The Balaban J connectivity index is 1.84. The van der Waals surface area contributed by atoms with Gasteiger partial charge in [-0.2, -0.15) is 0 Å². The van der Waals surface area contributed by atoms with Gasteiger partial charge in [0.05, 0.1) is 39.8 Å². The lowest BCUT2D eigenvalue weighted by molar-refractivity contribution is 0.589. The summed E-state index contributed by atoms with van der Waals surface area (Å²) >= 11 is 0. The van der Waals surface area contributed by atoms with Crippen molar-refractivity contribution in [3.05, 3.63) is 155 Å². The van der Waals surface area contributed by atoms with Gasteiger partial charge in [0.1, 0.15) is 0 Å². The van der Waals surface area contributed by atoms with E-state index in [0.29, 0.717) is 29.8 Å². The van der Waals surface area contributed by atoms with Gasteiger partial charge in [-0.3, -0.25) is 8.61 Å². The Morgan fingerprint density at radius 2 is 1.06 bits per heavy atom. The number of anilines is 2. The van der Waals surface area contributed by atoms with Gasteiger partial charge in [-0.25, -0.2) is 16.8 Å². The zero-order valence-corrected chi connectivity index (χ0v) is 32.2. The van der Waals surface area contributed by atoms with E-state index < -0.39 is 20.0 Å².